The van der Waals surface area contributed by atoms with E-state index in [9.17, 15) is 13.2 Å². The van der Waals surface area contributed by atoms with Crippen LogP contribution in [0.4, 0.5) is 5.69 Å². The molecule has 0 bridgehead atoms. The largest absolute Gasteiger partial charge is 0.481 e. The van der Waals surface area contributed by atoms with Crippen molar-refractivity contribution in [1.29, 1.82) is 0 Å². The minimum atomic E-state index is -3.61. The average molecular weight is 340 g/mol. The Hall–Kier alpha value is -2.05. The third kappa shape index (κ3) is 5.05. The molecule has 22 heavy (non-hydrogen) atoms. The van der Waals surface area contributed by atoms with Crippen molar-refractivity contribution < 1.29 is 18.3 Å². The number of anilines is 1. The Bertz CT molecular complexity index is 790. The smallest absolute Gasteiger partial charge is 0.307 e. The summed E-state index contributed by atoms with van der Waals surface area (Å²) in [6.07, 6.45) is -0.163. The van der Waals surface area contributed by atoms with E-state index in [0.717, 1.165) is 0 Å². The van der Waals surface area contributed by atoms with Gasteiger partial charge >= 0.3 is 5.97 Å². The van der Waals surface area contributed by atoms with Gasteiger partial charge in [0.2, 0.25) is 10.0 Å². The molecule has 2 aromatic rings. The van der Waals surface area contributed by atoms with Crippen LogP contribution >= 0.6 is 11.6 Å². The number of carboxylic acids is 1. The summed E-state index contributed by atoms with van der Waals surface area (Å²) in [7, 11) is -3.61. The minimum Gasteiger partial charge on any atom is -0.481 e. The van der Waals surface area contributed by atoms with E-state index in [4.69, 9.17) is 16.7 Å². The van der Waals surface area contributed by atoms with E-state index >= 15 is 0 Å². The number of carboxylic acid groups (broad SMARTS) is 1. The van der Waals surface area contributed by atoms with E-state index in [1.807, 2.05) is 0 Å². The molecular weight excluding hydrogens is 326 g/mol. The summed E-state index contributed by atoms with van der Waals surface area (Å²) in [5, 5.41) is 9.23. The van der Waals surface area contributed by atoms with Gasteiger partial charge in [-0.1, -0.05) is 35.9 Å². The molecule has 0 radical (unpaired) electrons. The first-order valence-corrected chi connectivity index (χ1v) is 8.43. The lowest BCUT2D eigenvalue weighted by molar-refractivity contribution is -0.136. The number of rotatable bonds is 6. The molecule has 7 heteroatoms. The van der Waals surface area contributed by atoms with Crippen LogP contribution in [0.15, 0.2) is 48.5 Å². The molecule has 0 aromatic heterocycles. The fourth-order valence-electron chi connectivity index (χ4n) is 1.98. The van der Waals surface area contributed by atoms with Gasteiger partial charge < -0.3 is 5.11 Å². The zero-order chi connectivity index (χ0) is 16.2. The molecule has 0 heterocycles. The van der Waals surface area contributed by atoms with E-state index in [2.05, 4.69) is 4.72 Å². The van der Waals surface area contributed by atoms with E-state index in [1.165, 1.54) is 6.07 Å². The molecule has 0 unspecified atom stereocenters. The minimum absolute atomic E-state index is 0.163. The fraction of sp³-hybridized carbons (Fsp3) is 0.133. The standard InChI is InChI=1S/C15H14ClNO4S/c16-13-5-1-4-12(7-13)10-22(20,21)17-14-6-2-3-11(8-14)9-15(18)19/h1-8,17H,9-10H2,(H,18,19). The van der Waals surface area contributed by atoms with Gasteiger partial charge in [-0.25, -0.2) is 8.42 Å². The topological polar surface area (TPSA) is 83.5 Å². The van der Waals surface area contributed by atoms with Crippen molar-refractivity contribution in [1.82, 2.24) is 0 Å². The van der Waals surface area contributed by atoms with Crippen LogP contribution in [-0.4, -0.2) is 19.5 Å². The first-order valence-electron chi connectivity index (χ1n) is 6.40. The molecule has 5 nitrogen and oxygen atoms in total. The van der Waals surface area contributed by atoms with Gasteiger partial charge in [-0.2, -0.15) is 0 Å². The monoisotopic (exact) mass is 339 g/mol. The van der Waals surface area contributed by atoms with E-state index < -0.39 is 16.0 Å². The number of nitrogens with one attached hydrogen (secondary N) is 1. The highest BCUT2D eigenvalue weighted by molar-refractivity contribution is 7.91. The van der Waals surface area contributed by atoms with Gasteiger partial charge in [0.25, 0.3) is 0 Å². The van der Waals surface area contributed by atoms with Crippen LogP contribution in [0.25, 0.3) is 0 Å². The number of hydrogen-bond donors (Lipinski definition) is 2. The van der Waals surface area contributed by atoms with Crippen LogP contribution in [0.3, 0.4) is 0 Å². The molecule has 0 aliphatic rings. The second-order valence-corrected chi connectivity index (χ2v) is 6.92. The van der Waals surface area contributed by atoms with Gasteiger partial charge in [-0.3, -0.25) is 9.52 Å². The molecule has 2 N–H and O–H groups in total. The van der Waals surface area contributed by atoms with Crippen molar-refractivity contribution in [2.75, 3.05) is 4.72 Å². The van der Waals surface area contributed by atoms with Gasteiger partial charge in [0.05, 0.1) is 12.2 Å². The van der Waals surface area contributed by atoms with Crippen molar-refractivity contribution in [3.8, 4) is 0 Å². The third-order valence-corrected chi connectivity index (χ3v) is 4.30. The van der Waals surface area contributed by atoms with Crippen molar-refractivity contribution in [2.24, 2.45) is 0 Å². The van der Waals surface area contributed by atoms with Crippen LogP contribution in [0.5, 0.6) is 0 Å². The Morgan fingerprint density at radius 2 is 1.77 bits per heavy atom. The summed E-state index contributed by atoms with van der Waals surface area (Å²) < 4.78 is 26.7. The molecule has 0 atom stereocenters. The molecule has 0 saturated carbocycles. The van der Waals surface area contributed by atoms with Gasteiger partial charge in [0, 0.05) is 10.7 Å². The number of hydrogen-bond acceptors (Lipinski definition) is 3. The molecule has 2 rings (SSSR count). The van der Waals surface area contributed by atoms with Crippen LogP contribution in [0.2, 0.25) is 5.02 Å². The fourth-order valence-corrected chi connectivity index (χ4v) is 3.37. The molecule has 0 fully saturated rings. The summed E-state index contributed by atoms with van der Waals surface area (Å²) in [6.45, 7) is 0. The summed E-state index contributed by atoms with van der Waals surface area (Å²) >= 11 is 5.83. The maximum atomic E-state index is 12.1. The van der Waals surface area contributed by atoms with Gasteiger partial charge in [-0.05, 0) is 35.4 Å². The molecular formula is C15H14ClNO4S. The highest BCUT2D eigenvalue weighted by Crippen LogP contribution is 2.17. The zero-order valence-corrected chi connectivity index (χ0v) is 13.1. The number of carbonyl (C=O) groups is 1. The van der Waals surface area contributed by atoms with Crippen LogP contribution in [0.1, 0.15) is 11.1 Å². The van der Waals surface area contributed by atoms with Crippen molar-refractivity contribution in [3.63, 3.8) is 0 Å². The van der Waals surface area contributed by atoms with Crippen LogP contribution in [-0.2, 0) is 27.0 Å². The van der Waals surface area contributed by atoms with E-state index in [0.29, 0.717) is 21.8 Å². The first-order chi connectivity index (χ1) is 10.3. The molecule has 0 saturated heterocycles. The quantitative estimate of drug-likeness (QED) is 0.847. The van der Waals surface area contributed by atoms with Gasteiger partial charge in [0.15, 0.2) is 0 Å². The zero-order valence-electron chi connectivity index (χ0n) is 11.5. The number of halogens is 1. The van der Waals surface area contributed by atoms with E-state index in [1.54, 1.807) is 42.5 Å². The van der Waals surface area contributed by atoms with Crippen molar-refractivity contribution in [3.05, 3.63) is 64.7 Å². The molecule has 116 valence electrons. The highest BCUT2D eigenvalue weighted by Gasteiger charge is 2.12. The molecule has 0 aliphatic heterocycles. The molecule has 0 amide bonds. The summed E-state index contributed by atoms with van der Waals surface area (Å²) in [6, 6.07) is 12.9. The lowest BCUT2D eigenvalue weighted by Gasteiger charge is -2.09. The molecule has 2 aromatic carbocycles. The Labute approximate surface area is 133 Å². The van der Waals surface area contributed by atoms with Crippen molar-refractivity contribution >= 4 is 33.3 Å². The lowest BCUT2D eigenvalue weighted by atomic mass is 10.1. The van der Waals surface area contributed by atoms with Gasteiger partial charge in [-0.15, -0.1) is 0 Å². The molecule has 0 aliphatic carbocycles. The third-order valence-electron chi connectivity index (χ3n) is 2.80. The Kier molecular flexibility index (Phi) is 5.05. The van der Waals surface area contributed by atoms with Crippen LogP contribution < -0.4 is 4.72 Å². The maximum Gasteiger partial charge on any atom is 0.307 e. The SMILES string of the molecule is O=C(O)Cc1cccc(NS(=O)(=O)Cc2cccc(Cl)c2)c1. The summed E-state index contributed by atoms with van der Waals surface area (Å²) in [5.41, 5.74) is 1.43. The second kappa shape index (κ2) is 6.81. The van der Waals surface area contributed by atoms with Gasteiger partial charge in [0.1, 0.15) is 0 Å². The van der Waals surface area contributed by atoms with E-state index in [-0.39, 0.29) is 12.2 Å². The number of aliphatic carboxylic acids is 1. The number of benzene rings is 2. The summed E-state index contributed by atoms with van der Waals surface area (Å²) in [5.74, 6) is -1.18. The molecule has 0 spiro atoms. The van der Waals surface area contributed by atoms with Crippen molar-refractivity contribution in [2.45, 2.75) is 12.2 Å². The number of sulfonamides is 1. The summed E-state index contributed by atoms with van der Waals surface area (Å²) in [4.78, 5) is 10.7. The first kappa shape index (κ1) is 16.3. The Morgan fingerprint density at radius 1 is 1.09 bits per heavy atom. The Balaban J connectivity index is 2.13. The second-order valence-electron chi connectivity index (χ2n) is 4.76. The predicted octanol–water partition coefficient (Wildman–Crippen LogP) is 2.91. The highest BCUT2D eigenvalue weighted by atomic mass is 35.5. The lowest BCUT2D eigenvalue weighted by Crippen LogP contribution is -2.15. The maximum absolute atomic E-state index is 12.1. The normalized spacial score (nSPS) is 11.1. The van der Waals surface area contributed by atoms with Crippen LogP contribution in [0, 0.1) is 0 Å². The predicted molar refractivity (Wildman–Crippen MR) is 85.5 cm³/mol. The Morgan fingerprint density at radius 3 is 2.45 bits per heavy atom. The average Bonchev–Trinajstić information content (AvgIpc) is 2.36.